The molecule has 1 unspecified atom stereocenters. The normalized spacial score (nSPS) is 26.3. The molecule has 2 heterocycles. The van der Waals surface area contributed by atoms with E-state index in [2.05, 4.69) is 38.3 Å². The quantitative estimate of drug-likeness (QED) is 0.919. The highest BCUT2D eigenvalue weighted by Gasteiger charge is 2.33. The van der Waals surface area contributed by atoms with Crippen molar-refractivity contribution in [2.45, 2.75) is 25.3 Å². The van der Waals surface area contributed by atoms with Crippen molar-refractivity contribution in [3.8, 4) is 0 Å². The minimum absolute atomic E-state index is 0.777. The van der Waals surface area contributed by atoms with Crippen LogP contribution in [0.3, 0.4) is 0 Å². The monoisotopic (exact) mass is 314 g/mol. The van der Waals surface area contributed by atoms with Crippen LogP contribution in [0.1, 0.15) is 17.7 Å². The predicted octanol–water partition coefficient (Wildman–Crippen LogP) is 2.74. The molecule has 17 heavy (non-hydrogen) atoms. The van der Waals surface area contributed by atoms with Gasteiger partial charge in [-0.05, 0) is 53.2 Å². The minimum Gasteiger partial charge on any atom is -0.311 e. The van der Waals surface area contributed by atoms with E-state index in [0.29, 0.717) is 0 Å². The van der Waals surface area contributed by atoms with Gasteiger partial charge >= 0.3 is 0 Å². The van der Waals surface area contributed by atoms with Gasteiger partial charge in [0.2, 0.25) is 0 Å². The van der Waals surface area contributed by atoms with E-state index in [1.54, 1.807) is 0 Å². The molecule has 1 saturated carbocycles. The first kappa shape index (κ1) is 12.2. The van der Waals surface area contributed by atoms with Crippen LogP contribution >= 0.6 is 27.3 Å². The summed E-state index contributed by atoms with van der Waals surface area (Å²) in [7, 11) is 0. The average Bonchev–Trinajstić information content (AvgIpc) is 3.11. The van der Waals surface area contributed by atoms with Crippen molar-refractivity contribution < 1.29 is 0 Å². The van der Waals surface area contributed by atoms with E-state index in [4.69, 9.17) is 0 Å². The molecule has 0 radical (unpaired) electrons. The molecule has 1 aliphatic carbocycles. The fraction of sp³-hybridized carbons (Fsp3) is 0.692. The Kier molecular flexibility index (Phi) is 3.85. The predicted molar refractivity (Wildman–Crippen MR) is 76.7 cm³/mol. The maximum atomic E-state index is 3.67. The second kappa shape index (κ2) is 5.39. The van der Waals surface area contributed by atoms with Crippen LogP contribution in [0.15, 0.2) is 15.9 Å². The Hall–Kier alpha value is 0.1000. The second-order valence-electron chi connectivity index (χ2n) is 5.15. The van der Waals surface area contributed by atoms with E-state index in [1.165, 1.54) is 54.1 Å². The Balaban J connectivity index is 1.47. The molecule has 1 atom stereocenters. The van der Waals surface area contributed by atoms with E-state index in [9.17, 15) is 0 Å². The van der Waals surface area contributed by atoms with Gasteiger partial charge in [-0.25, -0.2) is 0 Å². The lowest BCUT2D eigenvalue weighted by atomic mass is 10.1. The molecule has 1 aromatic heterocycles. The Morgan fingerprint density at radius 2 is 2.29 bits per heavy atom. The van der Waals surface area contributed by atoms with E-state index in [-0.39, 0.29) is 0 Å². The first-order valence-corrected chi connectivity index (χ1v) is 8.12. The molecule has 2 aliphatic rings. The van der Waals surface area contributed by atoms with Gasteiger partial charge in [0.05, 0.1) is 3.79 Å². The molecule has 2 nitrogen and oxygen atoms in total. The molecule has 94 valence electrons. The van der Waals surface area contributed by atoms with Gasteiger partial charge in [0.15, 0.2) is 0 Å². The zero-order valence-electron chi connectivity index (χ0n) is 9.99. The Morgan fingerprint density at radius 1 is 1.41 bits per heavy atom. The van der Waals surface area contributed by atoms with Crippen LogP contribution in [0.25, 0.3) is 0 Å². The summed E-state index contributed by atoms with van der Waals surface area (Å²) in [5.74, 6) is 0.980. The molecule has 0 spiro atoms. The lowest BCUT2D eigenvalue weighted by molar-refractivity contribution is 0.191. The summed E-state index contributed by atoms with van der Waals surface area (Å²) in [5, 5.41) is 3.67. The third-order valence-electron chi connectivity index (χ3n) is 3.78. The van der Waals surface area contributed by atoms with E-state index in [1.807, 2.05) is 11.3 Å². The van der Waals surface area contributed by atoms with Crippen LogP contribution < -0.4 is 5.32 Å². The summed E-state index contributed by atoms with van der Waals surface area (Å²) in [6.07, 6.45) is 4.10. The number of hydrogen-bond acceptors (Lipinski definition) is 3. The van der Waals surface area contributed by atoms with Crippen molar-refractivity contribution in [1.82, 2.24) is 10.2 Å². The first-order chi connectivity index (χ1) is 8.31. The summed E-state index contributed by atoms with van der Waals surface area (Å²) >= 11 is 5.40. The standard InChI is InChI=1S/C13H19BrN2S/c14-13-4-3-11(17-13)5-7-16-8-6-15-12(9-16)10-1-2-10/h3-4,10,12,15H,1-2,5-9H2. The van der Waals surface area contributed by atoms with E-state index in [0.717, 1.165) is 12.0 Å². The maximum Gasteiger partial charge on any atom is 0.0701 e. The molecule has 0 aromatic carbocycles. The highest BCUT2D eigenvalue weighted by Crippen LogP contribution is 2.33. The van der Waals surface area contributed by atoms with Crippen molar-refractivity contribution in [3.05, 3.63) is 20.8 Å². The molecule has 0 amide bonds. The van der Waals surface area contributed by atoms with Crippen molar-refractivity contribution in [2.24, 2.45) is 5.92 Å². The van der Waals surface area contributed by atoms with Crippen LogP contribution in [-0.4, -0.2) is 37.1 Å². The van der Waals surface area contributed by atoms with Gasteiger partial charge in [-0.1, -0.05) is 0 Å². The van der Waals surface area contributed by atoms with E-state index < -0.39 is 0 Å². The second-order valence-corrected chi connectivity index (χ2v) is 7.70. The SMILES string of the molecule is Brc1ccc(CCN2CCNC(C3CC3)C2)s1. The fourth-order valence-electron chi connectivity index (χ4n) is 2.61. The van der Waals surface area contributed by atoms with E-state index >= 15 is 0 Å². The van der Waals surface area contributed by atoms with Crippen molar-refractivity contribution in [1.29, 1.82) is 0 Å². The smallest absolute Gasteiger partial charge is 0.0701 e. The molecule has 1 N–H and O–H groups in total. The van der Waals surface area contributed by atoms with Crippen molar-refractivity contribution >= 4 is 27.3 Å². The summed E-state index contributed by atoms with van der Waals surface area (Å²) in [6, 6.07) is 5.18. The molecule has 1 aromatic rings. The molecule has 1 aliphatic heterocycles. The van der Waals surface area contributed by atoms with Crippen LogP contribution in [0.2, 0.25) is 0 Å². The summed E-state index contributed by atoms with van der Waals surface area (Å²) in [5.41, 5.74) is 0. The van der Waals surface area contributed by atoms with Gasteiger partial charge in [0, 0.05) is 37.1 Å². The van der Waals surface area contributed by atoms with Gasteiger partial charge in [0.1, 0.15) is 0 Å². The zero-order valence-corrected chi connectivity index (χ0v) is 12.4. The first-order valence-electron chi connectivity index (χ1n) is 6.51. The lowest BCUT2D eigenvalue weighted by Crippen LogP contribution is -2.51. The molecular weight excluding hydrogens is 296 g/mol. The zero-order chi connectivity index (χ0) is 11.7. The van der Waals surface area contributed by atoms with Crippen LogP contribution in [0.4, 0.5) is 0 Å². The lowest BCUT2D eigenvalue weighted by Gasteiger charge is -2.33. The summed E-state index contributed by atoms with van der Waals surface area (Å²) < 4.78 is 1.25. The number of piperazine rings is 1. The number of halogens is 1. The number of hydrogen-bond donors (Lipinski definition) is 1. The number of nitrogens with one attached hydrogen (secondary N) is 1. The highest BCUT2D eigenvalue weighted by molar-refractivity contribution is 9.11. The van der Waals surface area contributed by atoms with Gasteiger partial charge in [0.25, 0.3) is 0 Å². The molecule has 1 saturated heterocycles. The van der Waals surface area contributed by atoms with Crippen LogP contribution in [0, 0.1) is 5.92 Å². The van der Waals surface area contributed by atoms with Crippen LogP contribution in [-0.2, 0) is 6.42 Å². The van der Waals surface area contributed by atoms with Gasteiger partial charge in [-0.3, -0.25) is 0 Å². The molecule has 3 rings (SSSR count). The number of rotatable bonds is 4. The van der Waals surface area contributed by atoms with Crippen molar-refractivity contribution in [2.75, 3.05) is 26.2 Å². The number of thiophene rings is 1. The number of nitrogens with zero attached hydrogens (tertiary/aromatic N) is 1. The van der Waals surface area contributed by atoms with Gasteiger partial charge in [-0.2, -0.15) is 0 Å². The Morgan fingerprint density at radius 3 is 3.00 bits per heavy atom. The molecular formula is C13H19BrN2S. The van der Waals surface area contributed by atoms with Gasteiger partial charge in [-0.15, -0.1) is 11.3 Å². The Labute approximate surface area is 116 Å². The summed E-state index contributed by atoms with van der Waals surface area (Å²) in [6.45, 7) is 4.88. The molecule has 2 fully saturated rings. The topological polar surface area (TPSA) is 15.3 Å². The summed E-state index contributed by atoms with van der Waals surface area (Å²) in [4.78, 5) is 4.13. The maximum absolute atomic E-state index is 3.67. The van der Waals surface area contributed by atoms with Crippen LogP contribution in [0.5, 0.6) is 0 Å². The third kappa shape index (κ3) is 3.31. The largest absolute Gasteiger partial charge is 0.311 e. The van der Waals surface area contributed by atoms with Crippen molar-refractivity contribution in [3.63, 3.8) is 0 Å². The third-order valence-corrected chi connectivity index (χ3v) is 5.47. The van der Waals surface area contributed by atoms with Gasteiger partial charge < -0.3 is 10.2 Å². The Bertz CT molecular complexity index is 375. The molecule has 0 bridgehead atoms. The minimum atomic E-state index is 0.777. The fourth-order valence-corrected chi connectivity index (χ4v) is 4.09. The highest BCUT2D eigenvalue weighted by atomic mass is 79.9. The molecule has 4 heteroatoms. The average molecular weight is 315 g/mol.